The molecule has 0 amide bonds. The van der Waals surface area contributed by atoms with Gasteiger partial charge in [-0.3, -0.25) is 0 Å². The molecule has 0 heterocycles. The van der Waals surface area contributed by atoms with Crippen molar-refractivity contribution in [2.24, 2.45) is 0 Å². The highest BCUT2D eigenvalue weighted by Crippen LogP contribution is 2.30. The average molecular weight is 340 g/mol. The van der Waals surface area contributed by atoms with E-state index in [4.69, 9.17) is 23.2 Å². The van der Waals surface area contributed by atoms with Crippen LogP contribution in [0.2, 0.25) is 10.0 Å². The highest BCUT2D eigenvalue weighted by molar-refractivity contribution is 7.91. The van der Waals surface area contributed by atoms with E-state index in [9.17, 15) is 13.5 Å². The van der Waals surface area contributed by atoms with Crippen LogP contribution in [0, 0.1) is 0 Å². The van der Waals surface area contributed by atoms with Crippen LogP contribution in [-0.4, -0.2) is 37.5 Å². The van der Waals surface area contributed by atoms with Gasteiger partial charge in [0.1, 0.15) is 4.90 Å². The third kappa shape index (κ3) is 5.22. The molecule has 0 aromatic heterocycles. The molecule has 0 fully saturated rings. The van der Waals surface area contributed by atoms with Gasteiger partial charge in [0.15, 0.2) is 9.84 Å². The molecule has 0 spiro atoms. The molecule has 0 bridgehead atoms. The van der Waals surface area contributed by atoms with Gasteiger partial charge in [-0.2, -0.15) is 0 Å². The van der Waals surface area contributed by atoms with Crippen LogP contribution in [0.25, 0.3) is 0 Å². The van der Waals surface area contributed by atoms with E-state index in [1.165, 1.54) is 12.1 Å². The van der Waals surface area contributed by atoms with Gasteiger partial charge in [-0.1, -0.05) is 29.3 Å². The van der Waals surface area contributed by atoms with Gasteiger partial charge in [0.05, 0.1) is 21.9 Å². The van der Waals surface area contributed by atoms with Crippen LogP contribution in [0.5, 0.6) is 0 Å². The second kappa shape index (κ2) is 6.62. The standard InChI is InChI=1S/C13H19Cl2NO3S/c1-13(2,3)16-7-9(17)8-20(18,19)12-10(14)5-4-6-11(12)15/h4-6,9,16-17H,7-8H2,1-3H3. The summed E-state index contributed by atoms with van der Waals surface area (Å²) in [6.07, 6.45) is -1.04. The Morgan fingerprint density at radius 3 is 2.20 bits per heavy atom. The van der Waals surface area contributed by atoms with E-state index in [1.807, 2.05) is 20.8 Å². The summed E-state index contributed by atoms with van der Waals surface area (Å²) in [5.74, 6) is -0.431. The fourth-order valence-corrected chi connectivity index (χ4v) is 4.22. The van der Waals surface area contributed by atoms with Gasteiger partial charge in [0.25, 0.3) is 0 Å². The predicted octanol–water partition coefficient (Wildman–Crippen LogP) is 2.52. The first-order valence-electron chi connectivity index (χ1n) is 6.13. The van der Waals surface area contributed by atoms with Gasteiger partial charge in [0, 0.05) is 12.1 Å². The molecule has 0 saturated carbocycles. The van der Waals surface area contributed by atoms with E-state index in [0.29, 0.717) is 0 Å². The molecule has 1 rings (SSSR count). The summed E-state index contributed by atoms with van der Waals surface area (Å²) in [5.41, 5.74) is -0.202. The van der Waals surface area contributed by atoms with Crippen molar-refractivity contribution in [1.29, 1.82) is 0 Å². The molecule has 1 unspecified atom stereocenters. The lowest BCUT2D eigenvalue weighted by Crippen LogP contribution is -2.42. The number of rotatable bonds is 5. The number of β-amino-alcohol motifs (C(OH)–C–C–N with tert-alkyl or cyclic N) is 1. The van der Waals surface area contributed by atoms with Crippen LogP contribution < -0.4 is 5.32 Å². The van der Waals surface area contributed by atoms with Crippen molar-refractivity contribution in [2.45, 2.75) is 37.3 Å². The Kier molecular flexibility index (Phi) is 5.87. The fourth-order valence-electron chi connectivity index (χ4n) is 1.60. The average Bonchev–Trinajstić information content (AvgIpc) is 2.24. The third-order valence-corrected chi connectivity index (χ3v) is 5.25. The van der Waals surface area contributed by atoms with E-state index in [0.717, 1.165) is 0 Å². The maximum atomic E-state index is 12.3. The smallest absolute Gasteiger partial charge is 0.183 e. The molecule has 4 nitrogen and oxygen atoms in total. The van der Waals surface area contributed by atoms with Gasteiger partial charge < -0.3 is 10.4 Å². The lowest BCUT2D eigenvalue weighted by molar-refractivity contribution is 0.181. The monoisotopic (exact) mass is 339 g/mol. The quantitative estimate of drug-likeness (QED) is 0.864. The Labute approximate surface area is 130 Å². The van der Waals surface area contributed by atoms with E-state index < -0.39 is 21.7 Å². The summed E-state index contributed by atoms with van der Waals surface area (Å²) in [5, 5.41) is 13.0. The second-order valence-corrected chi connectivity index (χ2v) is 8.40. The minimum Gasteiger partial charge on any atom is -0.391 e. The minimum absolute atomic E-state index is 0.0634. The summed E-state index contributed by atoms with van der Waals surface area (Å²) in [6, 6.07) is 4.49. The number of aliphatic hydroxyl groups excluding tert-OH is 1. The predicted molar refractivity (Wildman–Crippen MR) is 82.3 cm³/mol. The van der Waals surface area contributed by atoms with Crippen LogP contribution in [0.1, 0.15) is 20.8 Å². The molecule has 0 saturated heterocycles. The molecule has 1 aromatic carbocycles. The molecule has 114 valence electrons. The van der Waals surface area contributed by atoms with E-state index in [1.54, 1.807) is 6.07 Å². The number of nitrogens with one attached hydrogen (secondary N) is 1. The van der Waals surface area contributed by atoms with Crippen LogP contribution in [0.4, 0.5) is 0 Å². The van der Waals surface area contributed by atoms with E-state index in [2.05, 4.69) is 5.32 Å². The van der Waals surface area contributed by atoms with Crippen LogP contribution >= 0.6 is 23.2 Å². The van der Waals surface area contributed by atoms with Crippen molar-refractivity contribution in [2.75, 3.05) is 12.3 Å². The van der Waals surface area contributed by atoms with Crippen molar-refractivity contribution in [3.8, 4) is 0 Å². The Morgan fingerprint density at radius 1 is 1.25 bits per heavy atom. The van der Waals surface area contributed by atoms with Crippen LogP contribution in [0.3, 0.4) is 0 Å². The normalized spacial score (nSPS) is 14.3. The highest BCUT2D eigenvalue weighted by Gasteiger charge is 2.25. The minimum atomic E-state index is -3.74. The molecule has 1 atom stereocenters. The Morgan fingerprint density at radius 2 is 1.75 bits per heavy atom. The Balaban J connectivity index is 2.85. The SMILES string of the molecule is CC(C)(C)NCC(O)CS(=O)(=O)c1c(Cl)cccc1Cl. The molecule has 7 heteroatoms. The first-order valence-corrected chi connectivity index (χ1v) is 8.53. The van der Waals surface area contributed by atoms with Crippen molar-refractivity contribution in [3.05, 3.63) is 28.2 Å². The number of halogens is 2. The summed E-state index contributed by atoms with van der Waals surface area (Å²) in [7, 11) is -3.74. The highest BCUT2D eigenvalue weighted by atomic mass is 35.5. The third-order valence-electron chi connectivity index (χ3n) is 2.51. The van der Waals surface area contributed by atoms with Crippen LogP contribution in [-0.2, 0) is 9.84 Å². The molecule has 1 aromatic rings. The van der Waals surface area contributed by atoms with Gasteiger partial charge in [-0.15, -0.1) is 0 Å². The molecular weight excluding hydrogens is 321 g/mol. The van der Waals surface area contributed by atoms with Gasteiger partial charge >= 0.3 is 0 Å². The Hall–Kier alpha value is -0.330. The van der Waals surface area contributed by atoms with Crippen molar-refractivity contribution in [3.63, 3.8) is 0 Å². The lowest BCUT2D eigenvalue weighted by atomic mass is 10.1. The van der Waals surface area contributed by atoms with Crippen LogP contribution in [0.15, 0.2) is 23.1 Å². The van der Waals surface area contributed by atoms with Crippen molar-refractivity contribution in [1.82, 2.24) is 5.32 Å². The molecular formula is C13H19Cl2NO3S. The van der Waals surface area contributed by atoms with Gasteiger partial charge in [-0.05, 0) is 32.9 Å². The first kappa shape index (κ1) is 17.7. The molecule has 0 aliphatic carbocycles. The van der Waals surface area contributed by atoms with Gasteiger partial charge in [0.2, 0.25) is 0 Å². The maximum Gasteiger partial charge on any atom is 0.183 e. The lowest BCUT2D eigenvalue weighted by Gasteiger charge is -2.23. The number of hydrogen-bond acceptors (Lipinski definition) is 4. The molecule has 0 aliphatic heterocycles. The maximum absolute atomic E-state index is 12.3. The fraction of sp³-hybridized carbons (Fsp3) is 0.538. The zero-order valence-corrected chi connectivity index (χ0v) is 14.0. The molecule has 0 radical (unpaired) electrons. The number of aliphatic hydroxyl groups is 1. The largest absolute Gasteiger partial charge is 0.391 e. The summed E-state index contributed by atoms with van der Waals surface area (Å²) < 4.78 is 24.5. The first-order chi connectivity index (χ1) is 9.03. The summed E-state index contributed by atoms with van der Waals surface area (Å²) in [6.45, 7) is 5.96. The van der Waals surface area contributed by atoms with Crippen molar-refractivity contribution >= 4 is 33.0 Å². The zero-order chi connectivity index (χ0) is 15.6. The zero-order valence-electron chi connectivity index (χ0n) is 11.7. The number of sulfone groups is 1. The molecule has 0 aliphatic rings. The van der Waals surface area contributed by atoms with E-state index in [-0.39, 0.29) is 27.0 Å². The molecule has 2 N–H and O–H groups in total. The van der Waals surface area contributed by atoms with Crippen molar-refractivity contribution < 1.29 is 13.5 Å². The molecule has 20 heavy (non-hydrogen) atoms. The van der Waals surface area contributed by atoms with E-state index >= 15 is 0 Å². The van der Waals surface area contributed by atoms with Gasteiger partial charge in [-0.25, -0.2) is 8.42 Å². The summed E-state index contributed by atoms with van der Waals surface area (Å²) in [4.78, 5) is -0.127. The summed E-state index contributed by atoms with van der Waals surface area (Å²) >= 11 is 11.8. The second-order valence-electron chi connectivity index (χ2n) is 5.62. The number of hydrogen-bond donors (Lipinski definition) is 2. The Bertz CT molecular complexity index is 547. The topological polar surface area (TPSA) is 66.4 Å². The number of benzene rings is 1.